The Kier molecular flexibility index (Phi) is 1.74. The first kappa shape index (κ1) is 7.64. The topological polar surface area (TPSA) is 0 Å². The van der Waals surface area contributed by atoms with Crippen LogP contribution in [-0.2, 0) is 0 Å². The molecule has 0 nitrogen and oxygen atoms in total. The molecule has 2 unspecified atom stereocenters. The molecule has 2 saturated carbocycles. The van der Waals surface area contributed by atoms with Gasteiger partial charge in [-0.15, -0.1) is 0 Å². The Morgan fingerprint density at radius 3 is 2.45 bits per heavy atom. The van der Waals surface area contributed by atoms with Crippen LogP contribution >= 0.6 is 0 Å². The third-order valence-electron chi connectivity index (χ3n) is 4.52. The zero-order valence-corrected chi connectivity index (χ0v) is 7.90. The van der Waals surface area contributed by atoms with Gasteiger partial charge < -0.3 is 0 Å². The molecule has 2 aliphatic carbocycles. The van der Waals surface area contributed by atoms with Gasteiger partial charge in [0.1, 0.15) is 0 Å². The van der Waals surface area contributed by atoms with Crippen molar-refractivity contribution in [1.82, 2.24) is 0 Å². The average Bonchev–Trinajstić information content (AvgIpc) is 2.37. The van der Waals surface area contributed by atoms with E-state index in [1.54, 1.807) is 19.3 Å². The zero-order chi connectivity index (χ0) is 7.90. The Morgan fingerprint density at radius 1 is 1.18 bits per heavy atom. The lowest BCUT2D eigenvalue weighted by atomic mass is 9.53. The molecule has 0 radical (unpaired) electrons. The monoisotopic (exact) mass is 152 g/mol. The van der Waals surface area contributed by atoms with Crippen molar-refractivity contribution in [3.8, 4) is 0 Å². The van der Waals surface area contributed by atoms with Crippen LogP contribution in [0.3, 0.4) is 0 Å². The molecule has 0 amide bonds. The molecule has 0 aromatic rings. The molecule has 2 fully saturated rings. The second-order valence-electron chi connectivity index (χ2n) is 4.57. The van der Waals surface area contributed by atoms with Crippen LogP contribution in [0, 0.1) is 17.3 Å². The lowest BCUT2D eigenvalue weighted by molar-refractivity contribution is -0.0285. The van der Waals surface area contributed by atoms with E-state index in [1.807, 2.05) is 0 Å². The predicted molar refractivity (Wildman–Crippen MR) is 48.5 cm³/mol. The molecule has 0 N–H and O–H groups in total. The van der Waals surface area contributed by atoms with E-state index in [2.05, 4.69) is 13.8 Å². The summed E-state index contributed by atoms with van der Waals surface area (Å²) >= 11 is 0. The minimum Gasteiger partial charge on any atom is -0.0648 e. The highest BCUT2D eigenvalue weighted by Crippen LogP contribution is 2.62. The first-order chi connectivity index (χ1) is 5.32. The molecule has 2 atom stereocenters. The van der Waals surface area contributed by atoms with Gasteiger partial charge in [0.25, 0.3) is 0 Å². The number of rotatable bonds is 2. The van der Waals surface area contributed by atoms with E-state index in [-0.39, 0.29) is 0 Å². The Bertz CT molecular complexity index is 144. The van der Waals surface area contributed by atoms with Gasteiger partial charge in [0.2, 0.25) is 0 Å². The Morgan fingerprint density at radius 2 is 1.91 bits per heavy atom. The fourth-order valence-corrected chi connectivity index (χ4v) is 3.66. The van der Waals surface area contributed by atoms with Gasteiger partial charge in [-0.3, -0.25) is 0 Å². The highest BCUT2D eigenvalue weighted by atomic mass is 14.6. The zero-order valence-electron chi connectivity index (χ0n) is 7.90. The second-order valence-corrected chi connectivity index (χ2v) is 4.57. The summed E-state index contributed by atoms with van der Waals surface area (Å²) < 4.78 is 0. The molecule has 0 heteroatoms. The third kappa shape index (κ3) is 0.878. The largest absolute Gasteiger partial charge is 0.0648 e. The molecular formula is C11H20. The van der Waals surface area contributed by atoms with Crippen LogP contribution in [0.4, 0.5) is 0 Å². The fraction of sp³-hybridized carbons (Fsp3) is 1.00. The van der Waals surface area contributed by atoms with Crippen LogP contribution in [0.15, 0.2) is 0 Å². The molecule has 0 aliphatic heterocycles. The van der Waals surface area contributed by atoms with Crippen LogP contribution in [0.2, 0.25) is 0 Å². The van der Waals surface area contributed by atoms with Crippen molar-refractivity contribution in [2.45, 2.75) is 52.4 Å². The minimum absolute atomic E-state index is 0.807. The maximum absolute atomic E-state index is 2.39. The molecule has 0 aromatic heterocycles. The van der Waals surface area contributed by atoms with Gasteiger partial charge in [-0.2, -0.15) is 0 Å². The molecule has 0 bridgehead atoms. The van der Waals surface area contributed by atoms with Crippen LogP contribution < -0.4 is 0 Å². The van der Waals surface area contributed by atoms with Gasteiger partial charge in [-0.05, 0) is 30.1 Å². The van der Waals surface area contributed by atoms with E-state index < -0.39 is 0 Å². The molecule has 0 heterocycles. The summed E-state index contributed by atoms with van der Waals surface area (Å²) in [6.07, 6.45) is 9.05. The maximum Gasteiger partial charge on any atom is -0.0269 e. The van der Waals surface area contributed by atoms with Crippen molar-refractivity contribution in [1.29, 1.82) is 0 Å². The molecule has 64 valence electrons. The molecule has 2 aliphatic rings. The summed E-state index contributed by atoms with van der Waals surface area (Å²) in [6.45, 7) is 4.77. The van der Waals surface area contributed by atoms with E-state index in [4.69, 9.17) is 0 Å². The average molecular weight is 152 g/mol. The van der Waals surface area contributed by atoms with Crippen LogP contribution in [-0.4, -0.2) is 0 Å². The van der Waals surface area contributed by atoms with Crippen LogP contribution in [0.25, 0.3) is 0 Å². The van der Waals surface area contributed by atoms with Crippen molar-refractivity contribution < 1.29 is 0 Å². The minimum atomic E-state index is 0.807. The van der Waals surface area contributed by atoms with Gasteiger partial charge in [-0.25, -0.2) is 0 Å². The Labute approximate surface area is 70.4 Å². The number of hydrogen-bond acceptors (Lipinski definition) is 0. The van der Waals surface area contributed by atoms with Gasteiger partial charge >= 0.3 is 0 Å². The molecular weight excluding hydrogens is 132 g/mol. The molecule has 0 spiro atoms. The summed E-state index contributed by atoms with van der Waals surface area (Å²) in [5.74, 6) is 2.28. The molecule has 2 rings (SSSR count). The van der Waals surface area contributed by atoms with Gasteiger partial charge in [0, 0.05) is 0 Å². The van der Waals surface area contributed by atoms with Crippen LogP contribution in [0.1, 0.15) is 52.4 Å². The highest BCUT2D eigenvalue weighted by molar-refractivity contribution is 5.02. The quantitative estimate of drug-likeness (QED) is 0.567. The maximum atomic E-state index is 2.39. The molecule has 0 saturated heterocycles. The first-order valence-corrected chi connectivity index (χ1v) is 5.32. The van der Waals surface area contributed by atoms with Crippen molar-refractivity contribution in [3.63, 3.8) is 0 Å². The lowest BCUT2D eigenvalue weighted by Crippen LogP contribution is -2.44. The van der Waals surface area contributed by atoms with Crippen molar-refractivity contribution >= 4 is 0 Å². The highest BCUT2D eigenvalue weighted by Gasteiger charge is 2.52. The first-order valence-electron chi connectivity index (χ1n) is 5.32. The summed E-state index contributed by atoms with van der Waals surface area (Å²) in [4.78, 5) is 0. The summed E-state index contributed by atoms with van der Waals surface area (Å²) in [5.41, 5.74) is 0.807. The predicted octanol–water partition coefficient (Wildman–Crippen LogP) is 3.61. The van der Waals surface area contributed by atoms with E-state index in [0.717, 1.165) is 17.3 Å². The van der Waals surface area contributed by atoms with Crippen molar-refractivity contribution in [2.24, 2.45) is 17.3 Å². The van der Waals surface area contributed by atoms with E-state index in [0.29, 0.717) is 0 Å². The van der Waals surface area contributed by atoms with Gasteiger partial charge in [0.05, 0.1) is 0 Å². The SMILES string of the molecule is CCC1(CC)CC2CCCC21. The Balaban J connectivity index is 2.06. The smallest absolute Gasteiger partial charge is 0.0269 e. The summed E-state index contributed by atoms with van der Waals surface area (Å²) in [7, 11) is 0. The molecule has 11 heavy (non-hydrogen) atoms. The third-order valence-corrected chi connectivity index (χ3v) is 4.52. The van der Waals surface area contributed by atoms with E-state index >= 15 is 0 Å². The number of hydrogen-bond donors (Lipinski definition) is 0. The van der Waals surface area contributed by atoms with Crippen molar-refractivity contribution in [2.75, 3.05) is 0 Å². The second kappa shape index (κ2) is 2.50. The van der Waals surface area contributed by atoms with Gasteiger partial charge in [0.15, 0.2) is 0 Å². The number of fused-ring (bicyclic) bond motifs is 1. The normalized spacial score (nSPS) is 39.8. The molecule has 0 aromatic carbocycles. The lowest BCUT2D eigenvalue weighted by Gasteiger charge is -2.52. The Hall–Kier alpha value is 0. The van der Waals surface area contributed by atoms with E-state index in [9.17, 15) is 0 Å². The fourth-order valence-electron chi connectivity index (χ4n) is 3.66. The summed E-state index contributed by atoms with van der Waals surface area (Å²) in [5, 5.41) is 0. The standard InChI is InChI=1S/C11H20/c1-3-11(4-2)8-9-6-5-7-10(9)11/h9-10H,3-8H2,1-2H3. The summed E-state index contributed by atoms with van der Waals surface area (Å²) in [6, 6.07) is 0. The van der Waals surface area contributed by atoms with Gasteiger partial charge in [-0.1, -0.05) is 39.5 Å². The van der Waals surface area contributed by atoms with E-state index in [1.165, 1.54) is 19.3 Å². The van der Waals surface area contributed by atoms with Crippen molar-refractivity contribution in [3.05, 3.63) is 0 Å². The van der Waals surface area contributed by atoms with Crippen LogP contribution in [0.5, 0.6) is 0 Å².